The first kappa shape index (κ1) is 21.9. The Morgan fingerprint density at radius 2 is 1.43 bits per heavy atom. The van der Waals surface area contributed by atoms with Crippen LogP contribution in [0.15, 0.2) is 24.3 Å². The lowest BCUT2D eigenvalue weighted by atomic mass is 9.64. The lowest BCUT2D eigenvalue weighted by Crippen LogP contribution is -2.29. The first-order valence-electron chi connectivity index (χ1n) is 12.8. The van der Waals surface area contributed by atoms with Gasteiger partial charge in [0.15, 0.2) is 0 Å². The van der Waals surface area contributed by atoms with Gasteiger partial charge in [-0.15, -0.1) is 0 Å². The smallest absolute Gasteiger partial charge is 0.0136 e. The van der Waals surface area contributed by atoms with Crippen LogP contribution in [0.2, 0.25) is 0 Å². The SMILES string of the molecule is CCCCCC1CCC(C2CCC(c3ccc(CCCC)cc3)C(C)C2)CC1. The van der Waals surface area contributed by atoms with Gasteiger partial charge in [-0.2, -0.15) is 0 Å². The Bertz CT molecular complexity index is 534. The third-order valence-electron chi connectivity index (χ3n) is 8.21. The van der Waals surface area contributed by atoms with Crippen molar-refractivity contribution in [2.24, 2.45) is 23.7 Å². The molecule has 158 valence electrons. The third kappa shape index (κ3) is 6.11. The van der Waals surface area contributed by atoms with Crippen LogP contribution in [0.3, 0.4) is 0 Å². The zero-order valence-corrected chi connectivity index (χ0v) is 19.1. The Balaban J connectivity index is 1.45. The summed E-state index contributed by atoms with van der Waals surface area (Å²) in [5.74, 6) is 4.79. The normalized spacial score (nSPS) is 31.0. The molecule has 0 saturated heterocycles. The highest BCUT2D eigenvalue weighted by Crippen LogP contribution is 2.47. The Hall–Kier alpha value is -0.780. The van der Waals surface area contributed by atoms with Crippen molar-refractivity contribution in [1.82, 2.24) is 0 Å². The Morgan fingerprint density at radius 3 is 2.07 bits per heavy atom. The van der Waals surface area contributed by atoms with Crippen molar-refractivity contribution in [3.63, 3.8) is 0 Å². The minimum Gasteiger partial charge on any atom is -0.0654 e. The van der Waals surface area contributed by atoms with Gasteiger partial charge >= 0.3 is 0 Å². The second kappa shape index (κ2) is 11.4. The molecule has 3 rings (SSSR count). The maximum Gasteiger partial charge on any atom is -0.0136 e. The van der Waals surface area contributed by atoms with E-state index in [1.165, 1.54) is 95.5 Å². The van der Waals surface area contributed by atoms with Crippen molar-refractivity contribution < 1.29 is 0 Å². The van der Waals surface area contributed by atoms with Crippen LogP contribution in [0.4, 0.5) is 0 Å². The fourth-order valence-electron chi connectivity index (χ4n) is 6.30. The summed E-state index contributed by atoms with van der Waals surface area (Å²) in [6, 6.07) is 9.72. The number of aryl methyl sites for hydroxylation is 1. The van der Waals surface area contributed by atoms with Crippen molar-refractivity contribution in [2.75, 3.05) is 0 Å². The first-order valence-corrected chi connectivity index (χ1v) is 12.8. The molecule has 2 aliphatic carbocycles. The van der Waals surface area contributed by atoms with Gasteiger partial charge in [0, 0.05) is 0 Å². The van der Waals surface area contributed by atoms with Crippen LogP contribution in [-0.2, 0) is 6.42 Å². The molecule has 0 heterocycles. The van der Waals surface area contributed by atoms with Gasteiger partial charge in [0.05, 0.1) is 0 Å². The molecule has 0 N–H and O–H groups in total. The van der Waals surface area contributed by atoms with Crippen molar-refractivity contribution in [2.45, 2.75) is 117 Å². The van der Waals surface area contributed by atoms with Gasteiger partial charge in [-0.25, -0.2) is 0 Å². The quantitative estimate of drug-likeness (QED) is 0.374. The lowest BCUT2D eigenvalue weighted by Gasteiger charge is -2.41. The summed E-state index contributed by atoms with van der Waals surface area (Å²) < 4.78 is 0. The van der Waals surface area contributed by atoms with Crippen LogP contribution in [0.25, 0.3) is 0 Å². The minimum atomic E-state index is 0.807. The number of hydrogen-bond donors (Lipinski definition) is 0. The largest absolute Gasteiger partial charge is 0.0654 e. The summed E-state index contributed by atoms with van der Waals surface area (Å²) >= 11 is 0. The molecule has 0 nitrogen and oxygen atoms in total. The van der Waals surface area contributed by atoms with Crippen LogP contribution in [0.1, 0.15) is 121 Å². The van der Waals surface area contributed by atoms with E-state index in [1.54, 1.807) is 5.56 Å². The van der Waals surface area contributed by atoms with Gasteiger partial charge in [0.2, 0.25) is 0 Å². The highest BCUT2D eigenvalue weighted by Gasteiger charge is 2.34. The Morgan fingerprint density at radius 1 is 0.750 bits per heavy atom. The van der Waals surface area contributed by atoms with Crippen molar-refractivity contribution in [1.29, 1.82) is 0 Å². The number of unbranched alkanes of at least 4 members (excludes halogenated alkanes) is 3. The molecule has 0 bridgehead atoms. The average molecular weight is 383 g/mol. The molecule has 28 heavy (non-hydrogen) atoms. The Labute approximate surface area is 175 Å². The maximum absolute atomic E-state index is 2.54. The molecule has 2 aliphatic rings. The number of rotatable bonds is 9. The van der Waals surface area contributed by atoms with E-state index >= 15 is 0 Å². The van der Waals surface area contributed by atoms with E-state index in [0.717, 1.165) is 29.6 Å². The standard InChI is InChI=1S/C28H46/c1-4-6-8-10-24-11-15-25(16-12-24)27-19-20-28(22(3)21-27)26-17-13-23(14-18-26)9-7-5-2/h13-14,17-18,22,24-25,27-28H,4-12,15-16,19-21H2,1-3H3. The maximum atomic E-state index is 2.54. The zero-order valence-electron chi connectivity index (χ0n) is 19.1. The Kier molecular flexibility index (Phi) is 8.94. The average Bonchev–Trinajstić information content (AvgIpc) is 2.73. The first-order chi connectivity index (χ1) is 13.7. The fraction of sp³-hybridized carbons (Fsp3) is 0.786. The van der Waals surface area contributed by atoms with Gasteiger partial charge in [-0.1, -0.05) is 90.0 Å². The van der Waals surface area contributed by atoms with Gasteiger partial charge < -0.3 is 0 Å². The minimum absolute atomic E-state index is 0.807. The molecule has 3 atom stereocenters. The number of benzene rings is 1. The molecular formula is C28H46. The van der Waals surface area contributed by atoms with E-state index in [-0.39, 0.29) is 0 Å². The molecule has 1 aromatic rings. The summed E-state index contributed by atoms with van der Waals surface area (Å²) in [5.41, 5.74) is 3.15. The topological polar surface area (TPSA) is 0 Å². The highest BCUT2D eigenvalue weighted by molar-refractivity contribution is 5.26. The van der Waals surface area contributed by atoms with Gasteiger partial charge in [-0.05, 0) is 85.7 Å². The van der Waals surface area contributed by atoms with Crippen LogP contribution >= 0.6 is 0 Å². The van der Waals surface area contributed by atoms with Crippen LogP contribution < -0.4 is 0 Å². The van der Waals surface area contributed by atoms with Gasteiger partial charge in [-0.3, -0.25) is 0 Å². The van der Waals surface area contributed by atoms with Crippen molar-refractivity contribution in [3.8, 4) is 0 Å². The predicted octanol–water partition coefficient (Wildman–Crippen LogP) is 8.94. The van der Waals surface area contributed by atoms with E-state index in [0.29, 0.717) is 0 Å². The monoisotopic (exact) mass is 382 g/mol. The summed E-state index contributed by atoms with van der Waals surface area (Å²) in [5, 5.41) is 0. The molecule has 2 saturated carbocycles. The van der Waals surface area contributed by atoms with Gasteiger partial charge in [0.25, 0.3) is 0 Å². The predicted molar refractivity (Wildman–Crippen MR) is 124 cm³/mol. The molecule has 2 fully saturated rings. The van der Waals surface area contributed by atoms with Crippen LogP contribution in [0, 0.1) is 23.7 Å². The summed E-state index contributed by atoms with van der Waals surface area (Å²) in [6.07, 6.45) is 20.2. The van der Waals surface area contributed by atoms with Crippen LogP contribution in [-0.4, -0.2) is 0 Å². The molecule has 0 aliphatic heterocycles. The second-order valence-corrected chi connectivity index (χ2v) is 10.3. The molecule has 0 amide bonds. The van der Waals surface area contributed by atoms with Crippen LogP contribution in [0.5, 0.6) is 0 Å². The van der Waals surface area contributed by atoms with E-state index in [1.807, 2.05) is 0 Å². The summed E-state index contributed by atoms with van der Waals surface area (Å²) in [4.78, 5) is 0. The molecule has 0 radical (unpaired) electrons. The zero-order chi connectivity index (χ0) is 19.8. The lowest BCUT2D eigenvalue weighted by molar-refractivity contribution is 0.130. The van der Waals surface area contributed by atoms with Crippen molar-refractivity contribution >= 4 is 0 Å². The van der Waals surface area contributed by atoms with Crippen molar-refractivity contribution in [3.05, 3.63) is 35.4 Å². The van der Waals surface area contributed by atoms with E-state index < -0.39 is 0 Å². The highest BCUT2D eigenvalue weighted by atomic mass is 14.4. The number of hydrogen-bond acceptors (Lipinski definition) is 0. The molecule has 0 spiro atoms. The van der Waals surface area contributed by atoms with E-state index in [9.17, 15) is 0 Å². The molecule has 0 aromatic heterocycles. The third-order valence-corrected chi connectivity index (χ3v) is 8.21. The molecule has 0 heteroatoms. The van der Waals surface area contributed by atoms with E-state index in [2.05, 4.69) is 45.0 Å². The molecule has 1 aromatic carbocycles. The summed E-state index contributed by atoms with van der Waals surface area (Å²) in [7, 11) is 0. The van der Waals surface area contributed by atoms with Gasteiger partial charge in [0.1, 0.15) is 0 Å². The fourth-order valence-corrected chi connectivity index (χ4v) is 6.30. The summed E-state index contributed by atoms with van der Waals surface area (Å²) in [6.45, 7) is 7.15. The molecular weight excluding hydrogens is 336 g/mol. The molecule has 3 unspecified atom stereocenters. The van der Waals surface area contributed by atoms with E-state index in [4.69, 9.17) is 0 Å². The second-order valence-electron chi connectivity index (χ2n) is 10.3.